The van der Waals surface area contributed by atoms with Gasteiger partial charge in [-0.3, -0.25) is 0 Å². The second-order valence-electron chi connectivity index (χ2n) is 2.69. The molecule has 76 valence electrons. The van der Waals surface area contributed by atoms with Gasteiger partial charge < -0.3 is 10.2 Å². The van der Waals surface area contributed by atoms with Crippen molar-refractivity contribution in [2.24, 2.45) is 0 Å². The lowest BCUT2D eigenvalue weighted by Crippen LogP contribution is -2.01. The van der Waals surface area contributed by atoms with Gasteiger partial charge in [0.25, 0.3) is 5.82 Å². The number of hydrogen-bond donors (Lipinski definition) is 2. The summed E-state index contributed by atoms with van der Waals surface area (Å²) in [4.78, 5) is 17.7. The van der Waals surface area contributed by atoms with E-state index in [9.17, 15) is 4.79 Å². The minimum Gasteiger partial charge on any atom is -0.493 e. The van der Waals surface area contributed by atoms with Crippen LogP contribution in [0.4, 0.5) is 0 Å². The molecule has 2 aromatic heterocycles. The summed E-state index contributed by atoms with van der Waals surface area (Å²) >= 11 is 0. The van der Waals surface area contributed by atoms with Gasteiger partial charge in [-0.2, -0.15) is 0 Å². The van der Waals surface area contributed by atoms with E-state index in [4.69, 9.17) is 10.2 Å². The highest BCUT2D eigenvalue weighted by Crippen LogP contribution is 2.10. The molecule has 0 saturated heterocycles. The number of rotatable bonds is 2. The molecular formula is C8H6N4O3. The molecule has 2 aromatic rings. The smallest absolute Gasteiger partial charge is 0.375 e. The third-order valence-electron chi connectivity index (χ3n) is 1.68. The molecular weight excluding hydrogens is 200 g/mol. The van der Waals surface area contributed by atoms with Gasteiger partial charge in [0.1, 0.15) is 6.33 Å². The highest BCUT2D eigenvalue weighted by Gasteiger charge is 2.09. The first-order valence-corrected chi connectivity index (χ1v) is 3.97. The molecule has 0 saturated carbocycles. The van der Waals surface area contributed by atoms with Crippen molar-refractivity contribution in [3.05, 3.63) is 30.5 Å². The number of aromatic nitrogens is 4. The number of carboxylic acid groups (broad SMARTS) is 1. The fourth-order valence-electron chi connectivity index (χ4n) is 1.04. The van der Waals surface area contributed by atoms with Gasteiger partial charge in [-0.1, -0.05) is 0 Å². The second-order valence-corrected chi connectivity index (χ2v) is 2.69. The Hall–Kier alpha value is -2.44. The highest BCUT2D eigenvalue weighted by molar-refractivity contribution is 5.82. The van der Waals surface area contributed by atoms with Gasteiger partial charge in [0.2, 0.25) is 5.88 Å². The van der Waals surface area contributed by atoms with Crippen LogP contribution in [0.3, 0.4) is 0 Å². The van der Waals surface area contributed by atoms with Crippen LogP contribution in [0, 0.1) is 0 Å². The van der Waals surface area contributed by atoms with Crippen molar-refractivity contribution >= 4 is 5.97 Å². The van der Waals surface area contributed by atoms with Gasteiger partial charge in [-0.05, 0) is 6.07 Å². The van der Waals surface area contributed by atoms with E-state index in [2.05, 4.69) is 15.1 Å². The predicted octanol–water partition coefficient (Wildman–Crippen LogP) is 0.0661. The standard InChI is InChI=1S/C8H6N4O3/c13-6-3-5(1-2-9-6)12-4-10-7(11-12)8(14)15/h1-4H,(H,9,13)(H,14,15). The summed E-state index contributed by atoms with van der Waals surface area (Å²) in [7, 11) is 0. The number of hydrogen-bond acceptors (Lipinski definition) is 5. The van der Waals surface area contributed by atoms with Crippen LogP contribution >= 0.6 is 0 Å². The normalized spacial score (nSPS) is 10.1. The monoisotopic (exact) mass is 206 g/mol. The van der Waals surface area contributed by atoms with Gasteiger partial charge in [0.05, 0.1) is 5.69 Å². The van der Waals surface area contributed by atoms with E-state index >= 15 is 0 Å². The third-order valence-corrected chi connectivity index (χ3v) is 1.68. The van der Waals surface area contributed by atoms with Crippen LogP contribution in [0.15, 0.2) is 24.7 Å². The van der Waals surface area contributed by atoms with E-state index in [1.165, 1.54) is 23.3 Å². The Kier molecular flexibility index (Phi) is 2.05. The summed E-state index contributed by atoms with van der Waals surface area (Å²) in [6.45, 7) is 0. The zero-order valence-electron chi connectivity index (χ0n) is 7.40. The summed E-state index contributed by atoms with van der Waals surface area (Å²) in [5, 5.41) is 21.4. The Morgan fingerprint density at radius 3 is 2.80 bits per heavy atom. The number of nitrogens with zero attached hydrogens (tertiary/aromatic N) is 4. The molecule has 0 fully saturated rings. The lowest BCUT2D eigenvalue weighted by molar-refractivity contribution is 0.0683. The molecule has 0 unspecified atom stereocenters. The lowest BCUT2D eigenvalue weighted by atomic mass is 10.4. The van der Waals surface area contributed by atoms with Gasteiger partial charge in [-0.25, -0.2) is 19.4 Å². The van der Waals surface area contributed by atoms with Crippen LogP contribution in [0.1, 0.15) is 10.6 Å². The topological polar surface area (TPSA) is 101 Å². The van der Waals surface area contributed by atoms with E-state index < -0.39 is 5.97 Å². The zero-order valence-corrected chi connectivity index (χ0v) is 7.40. The first-order chi connectivity index (χ1) is 7.16. The zero-order chi connectivity index (χ0) is 10.8. The van der Waals surface area contributed by atoms with E-state index in [0.29, 0.717) is 5.69 Å². The summed E-state index contributed by atoms with van der Waals surface area (Å²) in [5.41, 5.74) is 0.488. The maximum absolute atomic E-state index is 10.5. The molecule has 0 amide bonds. The minimum absolute atomic E-state index is 0.167. The van der Waals surface area contributed by atoms with Crippen LogP contribution < -0.4 is 0 Å². The summed E-state index contributed by atoms with van der Waals surface area (Å²) in [6, 6.07) is 2.92. The molecule has 7 nitrogen and oxygen atoms in total. The third kappa shape index (κ3) is 1.75. The highest BCUT2D eigenvalue weighted by atomic mass is 16.4. The molecule has 2 heterocycles. The van der Waals surface area contributed by atoms with Crippen LogP contribution in [0.25, 0.3) is 5.69 Å². The molecule has 0 aliphatic rings. The first-order valence-electron chi connectivity index (χ1n) is 3.97. The Labute approximate surface area is 83.6 Å². The van der Waals surface area contributed by atoms with Gasteiger partial charge in [0, 0.05) is 12.3 Å². The van der Waals surface area contributed by atoms with Crippen LogP contribution in [0.2, 0.25) is 0 Å². The molecule has 2 N–H and O–H groups in total. The molecule has 0 aliphatic heterocycles. The average Bonchev–Trinajstić information content (AvgIpc) is 2.66. The maximum atomic E-state index is 10.5. The lowest BCUT2D eigenvalue weighted by Gasteiger charge is -1.98. The molecule has 0 bridgehead atoms. The Morgan fingerprint density at radius 1 is 1.40 bits per heavy atom. The van der Waals surface area contributed by atoms with Gasteiger partial charge in [0.15, 0.2) is 0 Å². The summed E-state index contributed by atoms with van der Waals surface area (Å²) < 4.78 is 1.24. The van der Waals surface area contributed by atoms with E-state index in [-0.39, 0.29) is 11.7 Å². The molecule has 0 aliphatic carbocycles. The number of aromatic carboxylic acids is 1. The summed E-state index contributed by atoms with van der Waals surface area (Å²) in [6.07, 6.45) is 2.63. The van der Waals surface area contributed by atoms with Crippen molar-refractivity contribution in [1.29, 1.82) is 0 Å². The second kappa shape index (κ2) is 3.37. The molecule has 0 radical (unpaired) electrons. The number of aromatic hydroxyl groups is 1. The predicted molar refractivity (Wildman–Crippen MR) is 47.8 cm³/mol. The van der Waals surface area contributed by atoms with E-state index in [1.54, 1.807) is 6.07 Å². The largest absolute Gasteiger partial charge is 0.493 e. The Morgan fingerprint density at radius 2 is 2.20 bits per heavy atom. The van der Waals surface area contributed by atoms with E-state index in [0.717, 1.165) is 0 Å². The number of carboxylic acids is 1. The SMILES string of the molecule is O=C(O)c1ncn(-c2ccnc(O)c2)n1. The van der Waals surface area contributed by atoms with Crippen LogP contribution in [-0.2, 0) is 0 Å². The van der Waals surface area contributed by atoms with Crippen LogP contribution in [0.5, 0.6) is 5.88 Å². The maximum Gasteiger partial charge on any atom is 0.375 e. The van der Waals surface area contributed by atoms with Crippen molar-refractivity contribution in [1.82, 2.24) is 19.7 Å². The quantitative estimate of drug-likeness (QED) is 0.720. The Balaban J connectivity index is 2.41. The Bertz CT molecular complexity index is 508. The van der Waals surface area contributed by atoms with Gasteiger partial charge >= 0.3 is 5.97 Å². The number of carbonyl (C=O) groups is 1. The van der Waals surface area contributed by atoms with Crippen molar-refractivity contribution in [3.63, 3.8) is 0 Å². The molecule has 7 heteroatoms. The first kappa shape index (κ1) is 9.13. The van der Waals surface area contributed by atoms with Gasteiger partial charge in [-0.15, -0.1) is 5.10 Å². The summed E-state index contributed by atoms with van der Waals surface area (Å²) in [5.74, 6) is -1.67. The van der Waals surface area contributed by atoms with Crippen molar-refractivity contribution in [2.45, 2.75) is 0 Å². The minimum atomic E-state index is -1.20. The van der Waals surface area contributed by atoms with Crippen molar-refractivity contribution < 1.29 is 15.0 Å². The molecule has 15 heavy (non-hydrogen) atoms. The number of pyridine rings is 1. The van der Waals surface area contributed by atoms with Crippen LogP contribution in [-0.4, -0.2) is 35.9 Å². The molecule has 2 rings (SSSR count). The molecule has 0 spiro atoms. The van der Waals surface area contributed by atoms with E-state index in [1.807, 2.05) is 0 Å². The van der Waals surface area contributed by atoms with Crippen molar-refractivity contribution in [3.8, 4) is 11.6 Å². The fraction of sp³-hybridized carbons (Fsp3) is 0. The van der Waals surface area contributed by atoms with Crippen molar-refractivity contribution in [2.75, 3.05) is 0 Å². The molecule has 0 atom stereocenters. The molecule has 0 aromatic carbocycles. The fourth-order valence-corrected chi connectivity index (χ4v) is 1.04. The average molecular weight is 206 g/mol.